The Morgan fingerprint density at radius 2 is 0.686 bits per heavy atom. The van der Waals surface area contributed by atoms with Gasteiger partial charge in [-0.2, -0.15) is 0 Å². The van der Waals surface area contributed by atoms with Crippen molar-refractivity contribution in [1.82, 2.24) is 0 Å². The van der Waals surface area contributed by atoms with Gasteiger partial charge in [-0.15, -0.1) is 0 Å². The fourth-order valence-electron chi connectivity index (χ4n) is 2.55. The molecule has 0 spiro atoms. The van der Waals surface area contributed by atoms with Gasteiger partial charge >= 0.3 is 190 Å². The third kappa shape index (κ3) is 14.3. The zero-order valence-electron chi connectivity index (χ0n) is 19.1. The first-order chi connectivity index (χ1) is 17.0. The van der Waals surface area contributed by atoms with E-state index in [4.69, 9.17) is 10.2 Å². The molecule has 0 aliphatic heterocycles. The molecule has 184 valence electrons. The SMILES string of the molecule is O=C(O)CCCC(=O)O.c1ccc([I-]c2ccccc2)cc1.c1ccc([I-]c2ccccc2)cc1. The Kier molecular flexibility index (Phi) is 14.4. The van der Waals surface area contributed by atoms with Crippen LogP contribution in [0.3, 0.4) is 0 Å². The summed E-state index contributed by atoms with van der Waals surface area (Å²) in [5, 5.41) is 16.1. The first-order valence-corrected chi connectivity index (χ1v) is 15.3. The molecule has 0 aromatic heterocycles. The molecule has 4 aromatic rings. The average molecular weight is 694 g/mol. The predicted molar refractivity (Wildman–Crippen MR) is 130 cm³/mol. The van der Waals surface area contributed by atoms with E-state index in [0.717, 1.165) is 0 Å². The molecule has 0 saturated heterocycles. The van der Waals surface area contributed by atoms with Crippen LogP contribution in [0.2, 0.25) is 0 Å². The van der Waals surface area contributed by atoms with E-state index in [2.05, 4.69) is 121 Å². The van der Waals surface area contributed by atoms with Crippen LogP contribution in [0.5, 0.6) is 0 Å². The number of benzene rings is 4. The molecule has 0 fully saturated rings. The van der Waals surface area contributed by atoms with Crippen LogP contribution in [-0.2, 0) is 9.59 Å². The summed E-state index contributed by atoms with van der Waals surface area (Å²) in [4.78, 5) is 19.6. The third-order valence-corrected chi connectivity index (χ3v) is 9.52. The van der Waals surface area contributed by atoms with Crippen molar-refractivity contribution in [3.05, 3.63) is 136 Å². The second-order valence-electron chi connectivity index (χ2n) is 7.01. The van der Waals surface area contributed by atoms with E-state index >= 15 is 0 Å². The summed E-state index contributed by atoms with van der Waals surface area (Å²) >= 11 is 0.0574. The van der Waals surface area contributed by atoms with Crippen LogP contribution in [-0.4, -0.2) is 22.2 Å². The van der Waals surface area contributed by atoms with Crippen molar-refractivity contribution in [2.75, 3.05) is 0 Å². The summed E-state index contributed by atoms with van der Waals surface area (Å²) in [5.74, 6) is -1.90. The Hall–Kier alpha value is -2.72. The fourth-order valence-corrected chi connectivity index (χ4v) is 7.09. The van der Waals surface area contributed by atoms with E-state index in [9.17, 15) is 9.59 Å². The fraction of sp³-hybridized carbons (Fsp3) is 0.103. The summed E-state index contributed by atoms with van der Waals surface area (Å²) < 4.78 is 5.92. The first kappa shape index (κ1) is 28.5. The van der Waals surface area contributed by atoms with Crippen LogP contribution in [0.1, 0.15) is 19.3 Å². The number of carboxylic acids is 2. The number of hydrogen-bond acceptors (Lipinski definition) is 2. The molecular weight excluding hydrogens is 666 g/mol. The summed E-state index contributed by atoms with van der Waals surface area (Å²) in [6, 6.07) is 42.8. The Morgan fingerprint density at radius 3 is 0.886 bits per heavy atom. The maximum absolute atomic E-state index is 9.79. The Balaban J connectivity index is 0.000000190. The second kappa shape index (κ2) is 17.7. The van der Waals surface area contributed by atoms with Gasteiger partial charge in [0.2, 0.25) is 0 Å². The Bertz CT molecular complexity index is 941. The molecule has 0 saturated carbocycles. The van der Waals surface area contributed by atoms with Gasteiger partial charge in [0, 0.05) is 12.8 Å². The molecular formula is C29H28I2O4-2. The molecule has 2 N–H and O–H groups in total. The van der Waals surface area contributed by atoms with Gasteiger partial charge in [-0.3, -0.25) is 9.59 Å². The van der Waals surface area contributed by atoms with E-state index in [1.165, 1.54) is 14.3 Å². The van der Waals surface area contributed by atoms with Crippen LogP contribution in [0.4, 0.5) is 0 Å². The van der Waals surface area contributed by atoms with Gasteiger partial charge in [0.1, 0.15) is 0 Å². The van der Waals surface area contributed by atoms with E-state index < -0.39 is 11.9 Å². The van der Waals surface area contributed by atoms with E-state index in [-0.39, 0.29) is 61.7 Å². The zero-order chi connectivity index (χ0) is 25.1. The molecule has 0 aliphatic rings. The zero-order valence-corrected chi connectivity index (χ0v) is 23.5. The quantitative estimate of drug-likeness (QED) is 0.254. The first-order valence-electron chi connectivity index (χ1n) is 11.0. The Labute approximate surface area is 227 Å². The van der Waals surface area contributed by atoms with Crippen molar-refractivity contribution in [3.63, 3.8) is 0 Å². The molecule has 6 heteroatoms. The maximum atomic E-state index is 9.79. The molecule has 0 amide bonds. The molecule has 0 heterocycles. The predicted octanol–water partition coefficient (Wildman–Crippen LogP) is -0.0441. The number of carbonyl (C=O) groups is 2. The molecule has 4 nitrogen and oxygen atoms in total. The third-order valence-electron chi connectivity index (χ3n) is 4.15. The average Bonchev–Trinajstić information content (AvgIpc) is 2.87. The van der Waals surface area contributed by atoms with Crippen LogP contribution < -0.4 is 42.4 Å². The van der Waals surface area contributed by atoms with Gasteiger partial charge in [0.25, 0.3) is 0 Å². The summed E-state index contributed by atoms with van der Waals surface area (Å²) in [5.41, 5.74) is 0. The number of carboxylic acid groups (broad SMARTS) is 2. The van der Waals surface area contributed by atoms with Crippen molar-refractivity contribution in [2.45, 2.75) is 19.3 Å². The van der Waals surface area contributed by atoms with Gasteiger partial charge in [-0.25, -0.2) is 0 Å². The van der Waals surface area contributed by atoms with E-state index in [0.29, 0.717) is 0 Å². The number of hydrogen-bond donors (Lipinski definition) is 2. The van der Waals surface area contributed by atoms with Crippen molar-refractivity contribution in [2.24, 2.45) is 0 Å². The number of rotatable bonds is 8. The second-order valence-corrected chi connectivity index (χ2v) is 13.1. The molecule has 0 aliphatic carbocycles. The standard InChI is InChI=1S/2C12H10I.C5H8O4/c2*1-3-7-11(8-4-1)13-12-9-5-2-6-10-12;6-4(7)2-1-3-5(8)9/h2*1-10H;1-3H2,(H,6,7)(H,8,9)/q2*-1;. The minimum atomic E-state index is -0.948. The van der Waals surface area contributed by atoms with Gasteiger partial charge in [0.05, 0.1) is 0 Å². The summed E-state index contributed by atoms with van der Waals surface area (Å²) in [7, 11) is 0. The van der Waals surface area contributed by atoms with Gasteiger partial charge in [-0.05, 0) is 6.42 Å². The molecule has 4 aromatic carbocycles. The van der Waals surface area contributed by atoms with Crippen LogP contribution in [0.25, 0.3) is 0 Å². The van der Waals surface area contributed by atoms with Crippen LogP contribution in [0, 0.1) is 14.3 Å². The number of aliphatic carboxylic acids is 2. The van der Waals surface area contributed by atoms with E-state index in [1.54, 1.807) is 0 Å². The summed E-state index contributed by atoms with van der Waals surface area (Å²) in [6.07, 6.45) is 0.0866. The molecule has 35 heavy (non-hydrogen) atoms. The topological polar surface area (TPSA) is 74.6 Å². The molecule has 4 rings (SSSR count). The van der Waals surface area contributed by atoms with Crippen molar-refractivity contribution >= 4 is 11.9 Å². The molecule has 0 atom stereocenters. The van der Waals surface area contributed by atoms with Crippen molar-refractivity contribution in [1.29, 1.82) is 0 Å². The van der Waals surface area contributed by atoms with Gasteiger partial charge in [-0.1, -0.05) is 0 Å². The van der Waals surface area contributed by atoms with E-state index in [1.807, 2.05) is 0 Å². The molecule has 0 radical (unpaired) electrons. The summed E-state index contributed by atoms with van der Waals surface area (Å²) in [6.45, 7) is 0. The van der Waals surface area contributed by atoms with Crippen molar-refractivity contribution in [3.8, 4) is 0 Å². The van der Waals surface area contributed by atoms with Gasteiger partial charge in [0.15, 0.2) is 0 Å². The van der Waals surface area contributed by atoms with Crippen molar-refractivity contribution < 1.29 is 62.2 Å². The minimum absolute atomic E-state index is 0.0287. The number of halogens is 2. The monoisotopic (exact) mass is 694 g/mol. The normalized spacial score (nSPS) is 9.83. The van der Waals surface area contributed by atoms with Crippen LogP contribution >= 0.6 is 0 Å². The molecule has 0 bridgehead atoms. The molecule has 0 unspecified atom stereocenters. The van der Waals surface area contributed by atoms with Gasteiger partial charge < -0.3 is 10.2 Å². The van der Waals surface area contributed by atoms with Crippen LogP contribution in [0.15, 0.2) is 121 Å². The Morgan fingerprint density at radius 1 is 0.457 bits per heavy atom.